The van der Waals surface area contributed by atoms with Gasteiger partial charge in [0, 0.05) is 6.04 Å². The van der Waals surface area contributed by atoms with E-state index in [2.05, 4.69) is 33.0 Å². The molecule has 0 aliphatic carbocycles. The molecule has 1 atom stereocenters. The number of nitrogens with zero attached hydrogens (tertiary/aromatic N) is 1. The Bertz CT molecular complexity index is 966. The van der Waals surface area contributed by atoms with E-state index in [4.69, 9.17) is 4.74 Å². The molecule has 6 nitrogen and oxygen atoms in total. The number of amides is 1. The smallest absolute Gasteiger partial charge is 0.263 e. The van der Waals surface area contributed by atoms with E-state index in [1.165, 1.54) is 4.31 Å². The van der Waals surface area contributed by atoms with E-state index in [-0.39, 0.29) is 36.1 Å². The molecule has 0 spiro atoms. The molecule has 3 rings (SSSR count). The van der Waals surface area contributed by atoms with Crippen LogP contribution in [0.25, 0.3) is 0 Å². The van der Waals surface area contributed by atoms with Crippen molar-refractivity contribution in [1.82, 2.24) is 5.32 Å². The average molecular weight is 431 g/mol. The second kappa shape index (κ2) is 9.08. The van der Waals surface area contributed by atoms with Crippen LogP contribution in [0.4, 0.5) is 5.69 Å². The van der Waals surface area contributed by atoms with E-state index in [0.717, 1.165) is 0 Å². The largest absolute Gasteiger partial charge is 0.476 e. The number of hydrogen-bond donors (Lipinski definition) is 1. The van der Waals surface area contributed by atoms with Crippen molar-refractivity contribution < 1.29 is 17.9 Å². The average Bonchev–Trinajstić information content (AvgIpc) is 2.70. The van der Waals surface area contributed by atoms with Gasteiger partial charge in [-0.3, -0.25) is 9.10 Å². The normalized spacial score (nSPS) is 16.5. The molecule has 0 aromatic heterocycles. The molecule has 2 aromatic rings. The molecule has 0 radical (unpaired) electrons. The first-order valence-electron chi connectivity index (χ1n) is 10.3. The number of fused-ring (bicyclic) bond motifs is 1. The Hall–Kier alpha value is -2.54. The molecule has 2 aromatic carbocycles. The van der Waals surface area contributed by atoms with Crippen LogP contribution in [0.15, 0.2) is 54.6 Å². The molecule has 0 bridgehead atoms. The summed E-state index contributed by atoms with van der Waals surface area (Å²) in [6.45, 7) is 8.16. The summed E-state index contributed by atoms with van der Waals surface area (Å²) in [6.07, 6.45) is -0.912. The molecule has 1 aliphatic rings. The number of benzene rings is 2. The van der Waals surface area contributed by atoms with E-state index in [0.29, 0.717) is 17.0 Å². The maximum absolute atomic E-state index is 13.3. The van der Waals surface area contributed by atoms with Crippen LogP contribution in [0.3, 0.4) is 0 Å². The van der Waals surface area contributed by atoms with Crippen LogP contribution in [-0.4, -0.2) is 33.0 Å². The Labute approximate surface area is 179 Å². The van der Waals surface area contributed by atoms with Gasteiger partial charge in [-0.2, -0.15) is 0 Å². The Balaban J connectivity index is 1.88. The molecule has 1 heterocycles. The third-order valence-corrected chi connectivity index (χ3v) is 7.02. The second-order valence-electron chi connectivity index (χ2n) is 8.37. The van der Waals surface area contributed by atoms with Gasteiger partial charge in [-0.15, -0.1) is 0 Å². The van der Waals surface area contributed by atoms with Crippen molar-refractivity contribution in [1.29, 1.82) is 0 Å². The Morgan fingerprint density at radius 1 is 1.03 bits per heavy atom. The van der Waals surface area contributed by atoms with Gasteiger partial charge in [0.05, 0.1) is 18.0 Å². The summed E-state index contributed by atoms with van der Waals surface area (Å²) in [4.78, 5) is 13.0. The minimum Gasteiger partial charge on any atom is -0.476 e. The third kappa shape index (κ3) is 4.95. The molecular weight excluding hydrogens is 400 g/mol. The summed E-state index contributed by atoms with van der Waals surface area (Å²) >= 11 is 0. The predicted octanol–water partition coefficient (Wildman–Crippen LogP) is 3.58. The highest BCUT2D eigenvalue weighted by molar-refractivity contribution is 7.92. The van der Waals surface area contributed by atoms with Crippen molar-refractivity contribution in [3.8, 4) is 5.75 Å². The van der Waals surface area contributed by atoms with Crippen LogP contribution >= 0.6 is 0 Å². The second-order valence-corrected chi connectivity index (χ2v) is 10.3. The Kier molecular flexibility index (Phi) is 6.71. The zero-order valence-corrected chi connectivity index (χ0v) is 18.7. The van der Waals surface area contributed by atoms with Crippen molar-refractivity contribution in [2.24, 2.45) is 11.8 Å². The predicted molar refractivity (Wildman–Crippen MR) is 119 cm³/mol. The van der Waals surface area contributed by atoms with Crippen molar-refractivity contribution in [2.45, 2.75) is 45.6 Å². The highest BCUT2D eigenvalue weighted by Crippen LogP contribution is 2.35. The van der Waals surface area contributed by atoms with E-state index in [9.17, 15) is 13.2 Å². The molecule has 1 aliphatic heterocycles. The summed E-state index contributed by atoms with van der Waals surface area (Å²) in [5.74, 6) is 0.463. The van der Waals surface area contributed by atoms with E-state index < -0.39 is 16.1 Å². The number of carbonyl (C=O) groups excluding carboxylic acids is 1. The quantitative estimate of drug-likeness (QED) is 0.729. The minimum absolute atomic E-state index is 0.0207. The van der Waals surface area contributed by atoms with Crippen LogP contribution in [0.5, 0.6) is 5.75 Å². The summed E-state index contributed by atoms with van der Waals surface area (Å²) in [5.41, 5.74) is 1.16. The number of para-hydroxylation sites is 2. The van der Waals surface area contributed by atoms with Crippen LogP contribution in [0.2, 0.25) is 0 Å². The first-order valence-corrected chi connectivity index (χ1v) is 11.9. The van der Waals surface area contributed by atoms with Gasteiger partial charge in [-0.05, 0) is 29.5 Å². The fraction of sp³-hybridized carbons (Fsp3) is 0.435. The summed E-state index contributed by atoms with van der Waals surface area (Å²) in [7, 11) is -3.70. The molecule has 1 amide bonds. The van der Waals surface area contributed by atoms with Gasteiger partial charge in [0.2, 0.25) is 10.0 Å². The van der Waals surface area contributed by atoms with E-state index in [1.54, 1.807) is 36.4 Å². The summed E-state index contributed by atoms with van der Waals surface area (Å²) in [6, 6.07) is 16.0. The maximum atomic E-state index is 13.3. The number of rotatable bonds is 7. The first-order chi connectivity index (χ1) is 14.2. The SMILES string of the molecule is CC(C)C(NC(=O)C1CN(S(=O)(=O)Cc2ccccc2)c2ccccc2O1)C(C)C. The number of hydrogen-bond acceptors (Lipinski definition) is 4. The van der Waals surface area contributed by atoms with Gasteiger partial charge in [0.15, 0.2) is 6.10 Å². The van der Waals surface area contributed by atoms with Gasteiger partial charge in [0.1, 0.15) is 5.75 Å². The minimum atomic E-state index is -3.70. The highest BCUT2D eigenvalue weighted by Gasteiger charge is 2.37. The Morgan fingerprint density at radius 3 is 2.27 bits per heavy atom. The van der Waals surface area contributed by atoms with Crippen molar-refractivity contribution in [3.63, 3.8) is 0 Å². The van der Waals surface area contributed by atoms with Gasteiger partial charge in [-0.1, -0.05) is 70.2 Å². The topological polar surface area (TPSA) is 75.7 Å². The van der Waals surface area contributed by atoms with Crippen LogP contribution in [0.1, 0.15) is 33.3 Å². The lowest BCUT2D eigenvalue weighted by molar-refractivity contribution is -0.129. The lowest BCUT2D eigenvalue weighted by atomic mass is 9.93. The molecule has 0 fully saturated rings. The molecule has 1 N–H and O–H groups in total. The first kappa shape index (κ1) is 22.2. The van der Waals surface area contributed by atoms with Gasteiger partial charge in [0.25, 0.3) is 5.91 Å². The Morgan fingerprint density at radius 2 is 1.63 bits per heavy atom. The van der Waals surface area contributed by atoms with E-state index in [1.807, 2.05) is 18.2 Å². The molecule has 0 saturated carbocycles. The fourth-order valence-electron chi connectivity index (χ4n) is 3.83. The maximum Gasteiger partial charge on any atom is 0.263 e. The van der Waals surface area contributed by atoms with Crippen LogP contribution < -0.4 is 14.4 Å². The van der Waals surface area contributed by atoms with Crippen LogP contribution in [0, 0.1) is 11.8 Å². The molecule has 7 heteroatoms. The number of carbonyl (C=O) groups is 1. The summed E-state index contributed by atoms with van der Waals surface area (Å²) < 4.78 is 33.7. The van der Waals surface area contributed by atoms with Gasteiger partial charge >= 0.3 is 0 Å². The molecular formula is C23H30N2O4S. The van der Waals surface area contributed by atoms with Gasteiger partial charge < -0.3 is 10.1 Å². The molecule has 0 saturated heterocycles. The lowest BCUT2D eigenvalue weighted by Crippen LogP contribution is -2.54. The van der Waals surface area contributed by atoms with Crippen molar-refractivity contribution in [2.75, 3.05) is 10.8 Å². The third-order valence-electron chi connectivity index (χ3n) is 5.30. The molecule has 1 unspecified atom stereocenters. The number of sulfonamides is 1. The van der Waals surface area contributed by atoms with Gasteiger partial charge in [-0.25, -0.2) is 8.42 Å². The van der Waals surface area contributed by atoms with E-state index >= 15 is 0 Å². The zero-order valence-electron chi connectivity index (χ0n) is 17.9. The highest BCUT2D eigenvalue weighted by atomic mass is 32.2. The fourth-order valence-corrected chi connectivity index (χ4v) is 5.41. The number of nitrogens with one attached hydrogen (secondary N) is 1. The van der Waals surface area contributed by atoms with Crippen molar-refractivity contribution in [3.05, 3.63) is 60.2 Å². The molecule has 30 heavy (non-hydrogen) atoms. The van der Waals surface area contributed by atoms with Crippen LogP contribution in [-0.2, 0) is 20.6 Å². The monoisotopic (exact) mass is 430 g/mol. The lowest BCUT2D eigenvalue weighted by Gasteiger charge is -2.36. The number of ether oxygens (including phenoxy) is 1. The molecule has 162 valence electrons. The standard InChI is InChI=1S/C23H30N2O4S/c1-16(2)22(17(3)4)24-23(26)21-14-25(19-12-8-9-13-20(19)29-21)30(27,28)15-18-10-6-5-7-11-18/h5-13,16-17,21-22H,14-15H2,1-4H3,(H,24,26). The number of anilines is 1. The van der Waals surface area contributed by atoms with Crippen molar-refractivity contribution >= 4 is 21.6 Å². The zero-order chi connectivity index (χ0) is 21.9. The summed E-state index contributed by atoms with van der Waals surface area (Å²) in [5, 5.41) is 3.05.